The van der Waals surface area contributed by atoms with Crippen molar-refractivity contribution in [3.05, 3.63) is 46.6 Å². The number of hydrogen-bond acceptors (Lipinski definition) is 0. The minimum atomic E-state index is 0.331. The summed E-state index contributed by atoms with van der Waals surface area (Å²) in [6.45, 7) is 15.4. The Balaban J connectivity index is 1.16. The van der Waals surface area contributed by atoms with Gasteiger partial charge in [-0.1, -0.05) is 83.4 Å². The smallest absolute Gasteiger partial charge is 0.00329 e. The number of hydrogen-bond donors (Lipinski definition) is 0. The van der Waals surface area contributed by atoms with Gasteiger partial charge in [-0.3, -0.25) is 0 Å². The zero-order chi connectivity index (χ0) is 25.3. The highest BCUT2D eigenvalue weighted by atomic mass is 14.5. The second-order valence-corrected chi connectivity index (χ2v) is 15.9. The fourth-order valence-corrected chi connectivity index (χ4v) is 10.2. The van der Waals surface area contributed by atoms with Gasteiger partial charge >= 0.3 is 0 Å². The van der Waals surface area contributed by atoms with Crippen LogP contribution in [0, 0.1) is 51.8 Å². The summed E-state index contributed by atoms with van der Waals surface area (Å²) in [5, 5.41) is 0. The molecule has 0 spiro atoms. The van der Waals surface area contributed by atoms with Gasteiger partial charge in [-0.15, -0.1) is 0 Å². The molecule has 0 aromatic rings. The highest BCUT2D eigenvalue weighted by Crippen LogP contribution is 2.62. The van der Waals surface area contributed by atoms with Crippen molar-refractivity contribution in [2.24, 2.45) is 51.8 Å². The summed E-state index contributed by atoms with van der Waals surface area (Å²) in [6, 6.07) is 0. The second kappa shape index (κ2) is 9.02. The molecule has 6 rings (SSSR count). The summed E-state index contributed by atoms with van der Waals surface area (Å²) in [5.41, 5.74) is 8.21. The Kier molecular flexibility index (Phi) is 6.33. The fourth-order valence-electron chi connectivity index (χ4n) is 10.2. The van der Waals surface area contributed by atoms with E-state index < -0.39 is 0 Å². The van der Waals surface area contributed by atoms with Crippen LogP contribution in [0.15, 0.2) is 46.6 Å². The Morgan fingerprint density at radius 2 is 1.64 bits per heavy atom. The number of allylic oxidation sites excluding steroid dienone is 8. The zero-order valence-electron chi connectivity index (χ0n) is 24.5. The van der Waals surface area contributed by atoms with Crippen molar-refractivity contribution in [1.82, 2.24) is 0 Å². The SMILES string of the molecule is CC1(C)CCC2=C(C1)C(C)(C)C1CC(C(C)(C)C3CCC([C@H]4CCCC5CCC=CC54)CC3)=CC=C21. The Morgan fingerprint density at radius 1 is 0.861 bits per heavy atom. The van der Waals surface area contributed by atoms with Gasteiger partial charge < -0.3 is 0 Å². The van der Waals surface area contributed by atoms with Gasteiger partial charge in [-0.25, -0.2) is 0 Å². The summed E-state index contributed by atoms with van der Waals surface area (Å²) < 4.78 is 0. The first-order valence-electron chi connectivity index (χ1n) is 15.9. The van der Waals surface area contributed by atoms with Crippen LogP contribution in [0.25, 0.3) is 0 Å². The molecule has 0 aliphatic heterocycles. The Labute approximate surface area is 223 Å². The molecule has 0 bridgehead atoms. The first kappa shape index (κ1) is 25.2. The molecule has 6 aliphatic carbocycles. The largest absolute Gasteiger partial charge is 0.0882 e. The normalized spacial score (nSPS) is 39.6. The molecule has 0 N–H and O–H groups in total. The first-order valence-corrected chi connectivity index (χ1v) is 15.9. The lowest BCUT2D eigenvalue weighted by Crippen LogP contribution is -2.38. The summed E-state index contributed by atoms with van der Waals surface area (Å²) in [7, 11) is 0. The molecule has 0 heteroatoms. The van der Waals surface area contributed by atoms with Crippen molar-refractivity contribution < 1.29 is 0 Å². The Morgan fingerprint density at radius 3 is 2.42 bits per heavy atom. The van der Waals surface area contributed by atoms with Gasteiger partial charge in [-0.05, 0) is 140 Å². The maximum Gasteiger partial charge on any atom is -0.00329 e. The van der Waals surface area contributed by atoms with Gasteiger partial charge in [0.15, 0.2) is 0 Å². The van der Waals surface area contributed by atoms with Gasteiger partial charge in [0.25, 0.3) is 0 Å². The molecule has 0 radical (unpaired) electrons. The van der Waals surface area contributed by atoms with Gasteiger partial charge in [0.05, 0.1) is 0 Å². The van der Waals surface area contributed by atoms with E-state index in [0.29, 0.717) is 22.2 Å². The third-order valence-corrected chi connectivity index (χ3v) is 12.8. The molecular formula is C36H54. The maximum absolute atomic E-state index is 2.66. The van der Waals surface area contributed by atoms with E-state index in [-0.39, 0.29) is 0 Å². The van der Waals surface area contributed by atoms with E-state index in [2.05, 4.69) is 65.8 Å². The molecule has 2 saturated carbocycles. The van der Waals surface area contributed by atoms with E-state index in [1.54, 1.807) is 16.7 Å². The van der Waals surface area contributed by atoms with Crippen LogP contribution in [0.2, 0.25) is 0 Å². The van der Waals surface area contributed by atoms with Crippen molar-refractivity contribution >= 4 is 0 Å². The molecule has 0 aromatic carbocycles. The van der Waals surface area contributed by atoms with Crippen LogP contribution in [0.3, 0.4) is 0 Å². The van der Waals surface area contributed by atoms with Gasteiger partial charge in [-0.2, -0.15) is 0 Å². The molecule has 6 aliphatic rings. The van der Waals surface area contributed by atoms with Gasteiger partial charge in [0, 0.05) is 0 Å². The summed E-state index contributed by atoms with van der Waals surface area (Å²) in [6.07, 6.45) is 28.9. The van der Waals surface area contributed by atoms with Gasteiger partial charge in [0.1, 0.15) is 0 Å². The van der Waals surface area contributed by atoms with E-state index in [0.717, 1.165) is 29.6 Å². The third-order valence-electron chi connectivity index (χ3n) is 12.8. The molecule has 36 heavy (non-hydrogen) atoms. The number of rotatable bonds is 3. The van der Waals surface area contributed by atoms with Crippen LogP contribution in [0.1, 0.15) is 125 Å². The van der Waals surface area contributed by atoms with Crippen molar-refractivity contribution in [2.45, 2.75) is 125 Å². The molecule has 4 atom stereocenters. The van der Waals surface area contributed by atoms with Crippen LogP contribution < -0.4 is 0 Å². The molecule has 3 unspecified atom stereocenters. The van der Waals surface area contributed by atoms with E-state index in [9.17, 15) is 0 Å². The average molecular weight is 487 g/mol. The fraction of sp³-hybridized carbons (Fsp3) is 0.778. The molecule has 0 nitrogen and oxygen atoms in total. The number of fused-ring (bicyclic) bond motifs is 3. The highest BCUT2D eigenvalue weighted by Gasteiger charge is 2.50. The summed E-state index contributed by atoms with van der Waals surface area (Å²) >= 11 is 0. The lowest BCUT2D eigenvalue weighted by molar-refractivity contribution is 0.0690. The second-order valence-electron chi connectivity index (χ2n) is 15.9. The van der Waals surface area contributed by atoms with Crippen molar-refractivity contribution in [3.8, 4) is 0 Å². The predicted octanol–water partition coefficient (Wildman–Crippen LogP) is 10.6. The molecule has 0 heterocycles. The lowest BCUT2D eigenvalue weighted by atomic mass is 9.57. The van der Waals surface area contributed by atoms with Crippen molar-refractivity contribution in [3.63, 3.8) is 0 Å². The third kappa shape index (κ3) is 4.16. The van der Waals surface area contributed by atoms with Crippen LogP contribution >= 0.6 is 0 Å². The maximum atomic E-state index is 2.66. The standard InChI is InChI=1S/C36H54/c1-34(2)21-20-31-30-19-18-27(22-32(30)36(5,6)33(31)23-34)35(3,4)26-16-14-25(15-17-26)29-13-9-11-24-10-7-8-12-28(24)29/h8,12,18-19,24-26,28-29,32H,7,9-11,13-17,20-23H2,1-6H3/t24?,25?,26?,28?,29-,32?/m1/s1. The molecule has 0 amide bonds. The van der Waals surface area contributed by atoms with Crippen LogP contribution in [0.4, 0.5) is 0 Å². The molecule has 2 fully saturated rings. The van der Waals surface area contributed by atoms with E-state index in [4.69, 9.17) is 0 Å². The predicted molar refractivity (Wildman–Crippen MR) is 155 cm³/mol. The first-order chi connectivity index (χ1) is 17.1. The van der Waals surface area contributed by atoms with Crippen molar-refractivity contribution in [2.75, 3.05) is 0 Å². The van der Waals surface area contributed by atoms with Gasteiger partial charge in [0.2, 0.25) is 0 Å². The monoisotopic (exact) mass is 486 g/mol. The van der Waals surface area contributed by atoms with Crippen LogP contribution in [-0.2, 0) is 0 Å². The zero-order valence-corrected chi connectivity index (χ0v) is 24.5. The Bertz CT molecular complexity index is 983. The van der Waals surface area contributed by atoms with E-state index in [1.807, 2.05) is 5.57 Å². The minimum Gasteiger partial charge on any atom is -0.0882 e. The molecule has 0 saturated heterocycles. The minimum absolute atomic E-state index is 0.331. The topological polar surface area (TPSA) is 0 Å². The van der Waals surface area contributed by atoms with E-state index in [1.165, 1.54) is 83.5 Å². The molecule has 0 aromatic heterocycles. The molecule has 198 valence electrons. The summed E-state index contributed by atoms with van der Waals surface area (Å²) in [4.78, 5) is 0. The Hall–Kier alpha value is -1.04. The van der Waals surface area contributed by atoms with E-state index >= 15 is 0 Å². The highest BCUT2D eigenvalue weighted by molar-refractivity contribution is 5.53. The van der Waals surface area contributed by atoms with Crippen molar-refractivity contribution in [1.29, 1.82) is 0 Å². The molecular weight excluding hydrogens is 432 g/mol. The quantitative estimate of drug-likeness (QED) is 0.348. The van der Waals surface area contributed by atoms with Crippen LogP contribution in [0.5, 0.6) is 0 Å². The lowest BCUT2D eigenvalue weighted by Gasteiger charge is -2.48. The van der Waals surface area contributed by atoms with Crippen LogP contribution in [-0.4, -0.2) is 0 Å². The summed E-state index contributed by atoms with van der Waals surface area (Å²) in [5.74, 6) is 5.49. The average Bonchev–Trinajstić information content (AvgIpc) is 3.08.